The van der Waals surface area contributed by atoms with Crippen molar-refractivity contribution in [3.63, 3.8) is 0 Å². The Hall–Kier alpha value is -1.80. The molecule has 102 valence electrons. The van der Waals surface area contributed by atoms with Crippen molar-refractivity contribution in [1.29, 1.82) is 0 Å². The molecule has 1 N–H and O–H groups in total. The molecule has 1 aromatic carbocycles. The van der Waals surface area contributed by atoms with Crippen LogP contribution in [-0.2, 0) is 14.8 Å². The molecule has 3 rings (SSSR count). The maximum atomic E-state index is 12.4. The number of carbonyl (C=O) groups excluding carboxylic acids is 1. The predicted molar refractivity (Wildman–Crippen MR) is 64.3 cm³/mol. The van der Waals surface area contributed by atoms with Gasteiger partial charge in [0.2, 0.25) is 22.7 Å². The molecule has 19 heavy (non-hydrogen) atoms. The Bertz CT molecular complexity index is 628. The van der Waals surface area contributed by atoms with E-state index in [0.717, 1.165) is 4.31 Å². The molecule has 0 saturated carbocycles. The number of benzene rings is 1. The van der Waals surface area contributed by atoms with Crippen molar-refractivity contribution in [2.45, 2.75) is 4.90 Å². The molecule has 1 fully saturated rings. The van der Waals surface area contributed by atoms with E-state index in [0.29, 0.717) is 18.0 Å². The lowest BCUT2D eigenvalue weighted by Gasteiger charge is -2.25. The van der Waals surface area contributed by atoms with Gasteiger partial charge in [-0.05, 0) is 12.1 Å². The Morgan fingerprint density at radius 2 is 2.00 bits per heavy atom. The number of ether oxygens (including phenoxy) is 2. The molecule has 2 heterocycles. The smallest absolute Gasteiger partial charge is 0.243 e. The summed E-state index contributed by atoms with van der Waals surface area (Å²) < 4.78 is 36.2. The van der Waals surface area contributed by atoms with E-state index in [1.165, 1.54) is 12.1 Å². The zero-order valence-electron chi connectivity index (χ0n) is 9.96. The van der Waals surface area contributed by atoms with Crippen LogP contribution in [0.5, 0.6) is 11.5 Å². The molecule has 0 aromatic heterocycles. The first-order valence-electron chi connectivity index (χ1n) is 5.74. The van der Waals surface area contributed by atoms with E-state index in [9.17, 15) is 13.2 Å². The summed E-state index contributed by atoms with van der Waals surface area (Å²) in [6.45, 7) is 0.521. The number of rotatable bonds is 2. The Labute approximate surface area is 110 Å². The largest absolute Gasteiger partial charge is 0.454 e. The van der Waals surface area contributed by atoms with Gasteiger partial charge in [-0.3, -0.25) is 4.79 Å². The molecule has 1 saturated heterocycles. The molecular weight excluding hydrogens is 272 g/mol. The van der Waals surface area contributed by atoms with E-state index in [1.807, 2.05) is 0 Å². The van der Waals surface area contributed by atoms with Crippen molar-refractivity contribution in [1.82, 2.24) is 9.62 Å². The number of piperazine rings is 1. The van der Waals surface area contributed by atoms with E-state index >= 15 is 0 Å². The second-order valence-corrected chi connectivity index (χ2v) is 6.14. The number of carbonyl (C=O) groups is 1. The third-order valence-corrected chi connectivity index (χ3v) is 4.83. The quantitative estimate of drug-likeness (QED) is 0.794. The van der Waals surface area contributed by atoms with Gasteiger partial charge in [-0.1, -0.05) is 0 Å². The summed E-state index contributed by atoms with van der Waals surface area (Å²) in [7, 11) is -3.68. The zero-order valence-corrected chi connectivity index (χ0v) is 10.8. The van der Waals surface area contributed by atoms with Crippen LogP contribution in [0.15, 0.2) is 23.1 Å². The van der Waals surface area contributed by atoms with E-state index in [1.54, 1.807) is 6.07 Å². The highest BCUT2D eigenvalue weighted by atomic mass is 32.2. The number of hydrogen-bond acceptors (Lipinski definition) is 5. The molecule has 0 bridgehead atoms. The van der Waals surface area contributed by atoms with Gasteiger partial charge >= 0.3 is 0 Å². The van der Waals surface area contributed by atoms with Gasteiger partial charge in [-0.25, -0.2) is 8.42 Å². The van der Waals surface area contributed by atoms with Crippen LogP contribution in [0.4, 0.5) is 0 Å². The standard InChI is InChI=1S/C11H12N2O5S/c14-11-6-13(4-3-12-11)19(15,16)8-1-2-9-10(5-8)18-7-17-9/h1-2,5H,3-4,6-7H2,(H,12,14). The number of fused-ring (bicyclic) bond motifs is 1. The van der Waals surface area contributed by atoms with Gasteiger partial charge in [0.1, 0.15) is 0 Å². The van der Waals surface area contributed by atoms with Crippen molar-refractivity contribution in [2.24, 2.45) is 0 Å². The molecule has 0 aliphatic carbocycles. The number of sulfonamides is 1. The maximum Gasteiger partial charge on any atom is 0.243 e. The van der Waals surface area contributed by atoms with Gasteiger partial charge in [-0.2, -0.15) is 4.31 Å². The summed E-state index contributed by atoms with van der Waals surface area (Å²) in [4.78, 5) is 11.4. The minimum absolute atomic E-state index is 0.0882. The molecule has 0 unspecified atom stereocenters. The van der Waals surface area contributed by atoms with Crippen LogP contribution < -0.4 is 14.8 Å². The number of nitrogens with one attached hydrogen (secondary N) is 1. The normalized spacial score (nSPS) is 19.3. The van der Waals surface area contributed by atoms with E-state index in [2.05, 4.69) is 5.32 Å². The molecule has 2 aliphatic heterocycles. The fourth-order valence-electron chi connectivity index (χ4n) is 2.01. The van der Waals surface area contributed by atoms with Gasteiger partial charge in [-0.15, -0.1) is 0 Å². The molecule has 0 atom stereocenters. The number of amides is 1. The Balaban J connectivity index is 1.93. The molecule has 1 aromatic rings. The van der Waals surface area contributed by atoms with Crippen LogP contribution in [0.25, 0.3) is 0 Å². The molecule has 0 spiro atoms. The minimum atomic E-state index is -3.68. The lowest BCUT2D eigenvalue weighted by atomic mass is 10.3. The number of hydrogen-bond donors (Lipinski definition) is 1. The van der Waals surface area contributed by atoms with E-state index in [4.69, 9.17) is 9.47 Å². The molecule has 8 heteroatoms. The van der Waals surface area contributed by atoms with Gasteiger partial charge in [0.25, 0.3) is 0 Å². The molecular formula is C11H12N2O5S. The van der Waals surface area contributed by atoms with Crippen LogP contribution in [-0.4, -0.2) is 45.1 Å². The second-order valence-electron chi connectivity index (χ2n) is 4.20. The van der Waals surface area contributed by atoms with Crippen molar-refractivity contribution >= 4 is 15.9 Å². The van der Waals surface area contributed by atoms with Gasteiger partial charge < -0.3 is 14.8 Å². The highest BCUT2D eigenvalue weighted by Gasteiger charge is 2.30. The van der Waals surface area contributed by atoms with Gasteiger partial charge in [0.05, 0.1) is 11.4 Å². The first kappa shape index (κ1) is 12.2. The maximum absolute atomic E-state index is 12.4. The van der Waals surface area contributed by atoms with Gasteiger partial charge in [0.15, 0.2) is 11.5 Å². The van der Waals surface area contributed by atoms with E-state index < -0.39 is 10.0 Å². The van der Waals surface area contributed by atoms with Crippen molar-refractivity contribution in [3.05, 3.63) is 18.2 Å². The summed E-state index contributed by atoms with van der Waals surface area (Å²) in [5, 5.41) is 2.59. The minimum Gasteiger partial charge on any atom is -0.454 e. The topological polar surface area (TPSA) is 84.9 Å². The summed E-state index contributed by atoms with van der Waals surface area (Å²) in [5.41, 5.74) is 0. The molecule has 1 amide bonds. The SMILES string of the molecule is O=C1CN(S(=O)(=O)c2ccc3c(c2)OCO3)CCN1. The first-order chi connectivity index (χ1) is 9.07. The molecule has 7 nitrogen and oxygen atoms in total. The first-order valence-corrected chi connectivity index (χ1v) is 7.18. The van der Waals surface area contributed by atoms with Crippen LogP contribution in [0.1, 0.15) is 0 Å². The summed E-state index contributed by atoms with van der Waals surface area (Å²) in [5.74, 6) is 0.633. The highest BCUT2D eigenvalue weighted by Crippen LogP contribution is 2.34. The zero-order chi connectivity index (χ0) is 13.5. The summed E-state index contributed by atoms with van der Waals surface area (Å²) in [6.07, 6.45) is 0. The monoisotopic (exact) mass is 284 g/mol. The van der Waals surface area contributed by atoms with Crippen LogP contribution in [0, 0.1) is 0 Å². The average molecular weight is 284 g/mol. The van der Waals surface area contributed by atoms with Gasteiger partial charge in [0, 0.05) is 19.2 Å². The Morgan fingerprint density at radius 3 is 2.79 bits per heavy atom. The highest BCUT2D eigenvalue weighted by molar-refractivity contribution is 7.89. The van der Waals surface area contributed by atoms with Crippen LogP contribution in [0.3, 0.4) is 0 Å². The summed E-state index contributed by atoms with van der Waals surface area (Å²) in [6, 6.07) is 4.43. The Kier molecular flexibility index (Phi) is 2.83. The fraction of sp³-hybridized carbons (Fsp3) is 0.364. The third kappa shape index (κ3) is 2.13. The molecule has 2 aliphatic rings. The Morgan fingerprint density at radius 1 is 1.21 bits per heavy atom. The van der Waals surface area contributed by atoms with Crippen molar-refractivity contribution < 1.29 is 22.7 Å². The summed E-state index contributed by atoms with van der Waals surface area (Å²) >= 11 is 0. The van der Waals surface area contributed by atoms with Crippen LogP contribution >= 0.6 is 0 Å². The van der Waals surface area contributed by atoms with Crippen molar-refractivity contribution in [2.75, 3.05) is 26.4 Å². The predicted octanol–water partition coefficient (Wildman–Crippen LogP) is -0.464. The molecule has 0 radical (unpaired) electrons. The number of nitrogens with zero attached hydrogens (tertiary/aromatic N) is 1. The lowest BCUT2D eigenvalue weighted by molar-refractivity contribution is -0.122. The second kappa shape index (κ2) is 4.39. The third-order valence-electron chi connectivity index (χ3n) is 2.99. The van der Waals surface area contributed by atoms with E-state index in [-0.39, 0.29) is 30.7 Å². The fourth-order valence-corrected chi connectivity index (χ4v) is 3.42. The van der Waals surface area contributed by atoms with Crippen molar-refractivity contribution in [3.8, 4) is 11.5 Å². The van der Waals surface area contributed by atoms with Crippen LogP contribution in [0.2, 0.25) is 0 Å². The lowest BCUT2D eigenvalue weighted by Crippen LogP contribution is -2.49. The average Bonchev–Trinajstić information content (AvgIpc) is 2.85.